The first-order valence-corrected chi connectivity index (χ1v) is 6.30. The van der Waals surface area contributed by atoms with Crippen LogP contribution in [-0.4, -0.2) is 31.0 Å². The second-order valence-electron chi connectivity index (χ2n) is 4.43. The summed E-state index contributed by atoms with van der Waals surface area (Å²) in [6, 6.07) is 3.90. The van der Waals surface area contributed by atoms with Gasteiger partial charge >= 0.3 is 0 Å². The lowest BCUT2D eigenvalue weighted by Crippen LogP contribution is -2.61. The lowest BCUT2D eigenvalue weighted by atomic mass is 10.1. The van der Waals surface area contributed by atoms with Crippen molar-refractivity contribution in [3.8, 4) is 5.75 Å². The molecule has 1 fully saturated rings. The number of rotatable bonds is 2. The van der Waals surface area contributed by atoms with E-state index in [4.69, 9.17) is 16.3 Å². The van der Waals surface area contributed by atoms with Gasteiger partial charge in [-0.2, -0.15) is 0 Å². The molecule has 1 heterocycles. The summed E-state index contributed by atoms with van der Waals surface area (Å²) in [5.41, 5.74) is 0.598. The second-order valence-corrected chi connectivity index (χ2v) is 4.84. The molecule has 0 spiro atoms. The molecule has 1 saturated heterocycles. The zero-order valence-electron chi connectivity index (χ0n) is 10.9. The number of anilines is 1. The van der Waals surface area contributed by atoms with Gasteiger partial charge in [0.2, 0.25) is 11.8 Å². The molecule has 1 N–H and O–H groups in total. The standard InChI is InChI=1S/C13H15ClN2O3/c1-7-13(18)16(8(2)12(17)15-7)9-4-5-10(14)11(6-9)19-3/h4-8H,1-3H3,(H,15,17). The van der Waals surface area contributed by atoms with Crippen LogP contribution in [0.15, 0.2) is 18.2 Å². The van der Waals surface area contributed by atoms with Crippen molar-refractivity contribution in [3.05, 3.63) is 23.2 Å². The highest BCUT2D eigenvalue weighted by Crippen LogP contribution is 2.31. The zero-order valence-corrected chi connectivity index (χ0v) is 11.7. The van der Waals surface area contributed by atoms with E-state index in [1.165, 1.54) is 12.0 Å². The molecule has 0 aromatic heterocycles. The first kappa shape index (κ1) is 13.7. The van der Waals surface area contributed by atoms with Crippen molar-refractivity contribution in [2.75, 3.05) is 12.0 Å². The molecular formula is C13H15ClN2O3. The van der Waals surface area contributed by atoms with Crippen LogP contribution in [0, 0.1) is 0 Å². The van der Waals surface area contributed by atoms with Crippen LogP contribution < -0.4 is 15.0 Å². The van der Waals surface area contributed by atoms with Gasteiger partial charge in [0.1, 0.15) is 17.8 Å². The molecule has 1 aliphatic rings. The monoisotopic (exact) mass is 282 g/mol. The summed E-state index contributed by atoms with van der Waals surface area (Å²) in [5.74, 6) is 0.135. The van der Waals surface area contributed by atoms with Crippen molar-refractivity contribution >= 4 is 29.1 Å². The van der Waals surface area contributed by atoms with Gasteiger partial charge in [0.15, 0.2) is 0 Å². The van der Waals surface area contributed by atoms with E-state index >= 15 is 0 Å². The highest BCUT2D eigenvalue weighted by Gasteiger charge is 2.36. The van der Waals surface area contributed by atoms with Gasteiger partial charge in [0, 0.05) is 11.8 Å². The Kier molecular flexibility index (Phi) is 3.66. The number of hydrogen-bond acceptors (Lipinski definition) is 3. The molecule has 0 aliphatic carbocycles. The Morgan fingerprint density at radius 3 is 2.63 bits per heavy atom. The van der Waals surface area contributed by atoms with E-state index in [1.54, 1.807) is 32.0 Å². The fraction of sp³-hybridized carbons (Fsp3) is 0.385. The van der Waals surface area contributed by atoms with Gasteiger partial charge in [0.25, 0.3) is 0 Å². The van der Waals surface area contributed by atoms with Crippen molar-refractivity contribution in [1.82, 2.24) is 5.32 Å². The summed E-state index contributed by atoms with van der Waals surface area (Å²) >= 11 is 5.96. The SMILES string of the molecule is COc1cc(N2C(=O)C(C)NC(=O)C2C)ccc1Cl. The summed E-state index contributed by atoms with van der Waals surface area (Å²) < 4.78 is 5.13. The Morgan fingerprint density at radius 1 is 1.32 bits per heavy atom. The molecule has 1 aromatic carbocycles. The van der Waals surface area contributed by atoms with Crippen molar-refractivity contribution < 1.29 is 14.3 Å². The van der Waals surface area contributed by atoms with E-state index < -0.39 is 12.1 Å². The maximum absolute atomic E-state index is 12.2. The number of hydrogen-bond donors (Lipinski definition) is 1. The van der Waals surface area contributed by atoms with Crippen LogP contribution in [0.25, 0.3) is 0 Å². The number of ether oxygens (including phenoxy) is 1. The molecule has 2 amide bonds. The summed E-state index contributed by atoms with van der Waals surface area (Å²) in [4.78, 5) is 25.5. The molecule has 0 saturated carbocycles. The van der Waals surface area contributed by atoms with Gasteiger partial charge in [-0.3, -0.25) is 14.5 Å². The molecule has 2 unspecified atom stereocenters. The predicted octanol–water partition coefficient (Wildman–Crippen LogP) is 1.59. The van der Waals surface area contributed by atoms with Gasteiger partial charge in [-0.25, -0.2) is 0 Å². The number of nitrogens with zero attached hydrogens (tertiary/aromatic N) is 1. The van der Waals surface area contributed by atoms with Gasteiger partial charge < -0.3 is 10.1 Å². The van der Waals surface area contributed by atoms with Crippen LogP contribution in [0.5, 0.6) is 5.75 Å². The van der Waals surface area contributed by atoms with E-state index in [0.29, 0.717) is 16.5 Å². The van der Waals surface area contributed by atoms with Crippen molar-refractivity contribution in [1.29, 1.82) is 0 Å². The number of carbonyl (C=O) groups is 2. The third-order valence-corrected chi connectivity index (χ3v) is 3.46. The Bertz CT molecular complexity index is 533. The number of methoxy groups -OCH3 is 1. The molecule has 2 rings (SSSR count). The second kappa shape index (κ2) is 5.09. The van der Waals surface area contributed by atoms with Gasteiger partial charge in [-0.15, -0.1) is 0 Å². The van der Waals surface area contributed by atoms with Crippen LogP contribution >= 0.6 is 11.6 Å². The van der Waals surface area contributed by atoms with Crippen molar-refractivity contribution in [2.45, 2.75) is 25.9 Å². The average Bonchev–Trinajstić information content (AvgIpc) is 2.38. The Hall–Kier alpha value is -1.75. The van der Waals surface area contributed by atoms with Gasteiger partial charge in [0.05, 0.1) is 12.1 Å². The van der Waals surface area contributed by atoms with E-state index in [9.17, 15) is 9.59 Å². The van der Waals surface area contributed by atoms with E-state index in [0.717, 1.165) is 0 Å². The van der Waals surface area contributed by atoms with Crippen LogP contribution in [0.1, 0.15) is 13.8 Å². The van der Waals surface area contributed by atoms with Crippen LogP contribution in [0.4, 0.5) is 5.69 Å². The molecule has 6 heteroatoms. The van der Waals surface area contributed by atoms with Crippen molar-refractivity contribution in [2.24, 2.45) is 0 Å². The molecule has 5 nitrogen and oxygen atoms in total. The fourth-order valence-electron chi connectivity index (χ4n) is 2.06. The van der Waals surface area contributed by atoms with Crippen molar-refractivity contribution in [3.63, 3.8) is 0 Å². The highest BCUT2D eigenvalue weighted by atomic mass is 35.5. The molecule has 2 atom stereocenters. The average molecular weight is 283 g/mol. The molecular weight excluding hydrogens is 268 g/mol. The topological polar surface area (TPSA) is 58.6 Å². The van der Waals surface area contributed by atoms with Crippen LogP contribution in [-0.2, 0) is 9.59 Å². The Balaban J connectivity index is 2.43. The first-order valence-electron chi connectivity index (χ1n) is 5.92. The maximum atomic E-state index is 12.2. The fourth-order valence-corrected chi connectivity index (χ4v) is 2.26. The van der Waals surface area contributed by atoms with Crippen LogP contribution in [0.2, 0.25) is 5.02 Å². The molecule has 1 aromatic rings. The smallest absolute Gasteiger partial charge is 0.250 e. The maximum Gasteiger partial charge on any atom is 0.250 e. The zero-order chi connectivity index (χ0) is 14.2. The minimum Gasteiger partial charge on any atom is -0.495 e. The lowest BCUT2D eigenvalue weighted by molar-refractivity contribution is -0.133. The highest BCUT2D eigenvalue weighted by molar-refractivity contribution is 6.32. The van der Waals surface area contributed by atoms with Gasteiger partial charge in [-0.1, -0.05) is 11.6 Å². The number of piperazine rings is 1. The van der Waals surface area contributed by atoms with E-state index in [-0.39, 0.29) is 11.8 Å². The van der Waals surface area contributed by atoms with Gasteiger partial charge in [-0.05, 0) is 26.0 Å². The third kappa shape index (κ3) is 2.38. The normalized spacial score (nSPS) is 23.3. The summed E-state index contributed by atoms with van der Waals surface area (Å²) in [5, 5.41) is 3.09. The number of benzene rings is 1. The third-order valence-electron chi connectivity index (χ3n) is 3.15. The molecule has 19 heavy (non-hydrogen) atoms. The Morgan fingerprint density at radius 2 is 2.00 bits per heavy atom. The van der Waals surface area contributed by atoms with E-state index in [1.807, 2.05) is 0 Å². The molecule has 1 aliphatic heterocycles. The van der Waals surface area contributed by atoms with E-state index in [2.05, 4.69) is 5.32 Å². The molecule has 0 bridgehead atoms. The minimum absolute atomic E-state index is 0.156. The number of amides is 2. The first-order chi connectivity index (χ1) is 8.95. The molecule has 0 radical (unpaired) electrons. The number of nitrogens with one attached hydrogen (secondary N) is 1. The predicted molar refractivity (Wildman–Crippen MR) is 72.6 cm³/mol. The lowest BCUT2D eigenvalue weighted by Gasteiger charge is -2.36. The number of halogens is 1. The minimum atomic E-state index is -0.561. The largest absolute Gasteiger partial charge is 0.495 e. The summed E-state index contributed by atoms with van der Waals surface area (Å²) in [7, 11) is 1.50. The summed E-state index contributed by atoms with van der Waals surface area (Å²) in [6.45, 7) is 3.34. The summed E-state index contributed by atoms with van der Waals surface area (Å²) in [6.07, 6.45) is 0. The Labute approximate surface area is 116 Å². The number of carbonyl (C=O) groups excluding carboxylic acids is 2. The molecule has 102 valence electrons. The quantitative estimate of drug-likeness (QED) is 0.896. The van der Waals surface area contributed by atoms with Crippen LogP contribution in [0.3, 0.4) is 0 Å².